The van der Waals surface area contributed by atoms with Gasteiger partial charge in [0.05, 0.1) is 6.42 Å². The van der Waals surface area contributed by atoms with Crippen LogP contribution in [0.15, 0.2) is 78.9 Å². The number of anilines is 2. The summed E-state index contributed by atoms with van der Waals surface area (Å²) < 4.78 is 0. The number of carbonyl (C=O) groups excluding carboxylic acids is 1. The van der Waals surface area contributed by atoms with Crippen molar-refractivity contribution in [3.8, 4) is 0 Å². The van der Waals surface area contributed by atoms with Crippen LogP contribution < -0.4 is 10.6 Å². The topological polar surface area (TPSA) is 41.1 Å². The molecule has 0 aromatic heterocycles. The SMILES string of the molecule is Cc1cccc(CC(=O)Nc2ccc(NCCc3ccccc3)cc2)c1. The van der Waals surface area contributed by atoms with Crippen LogP contribution in [0.5, 0.6) is 0 Å². The van der Waals surface area contributed by atoms with Crippen LogP contribution in [0.25, 0.3) is 0 Å². The molecule has 3 rings (SSSR count). The summed E-state index contributed by atoms with van der Waals surface area (Å²) in [6, 6.07) is 26.3. The fraction of sp³-hybridized carbons (Fsp3) is 0.174. The lowest BCUT2D eigenvalue weighted by Crippen LogP contribution is -2.14. The fourth-order valence-electron chi connectivity index (χ4n) is 2.88. The van der Waals surface area contributed by atoms with Crippen molar-refractivity contribution in [3.05, 3.63) is 95.6 Å². The molecule has 0 heterocycles. The van der Waals surface area contributed by atoms with Crippen molar-refractivity contribution in [2.75, 3.05) is 17.2 Å². The highest BCUT2D eigenvalue weighted by molar-refractivity contribution is 5.92. The van der Waals surface area contributed by atoms with E-state index in [1.54, 1.807) is 0 Å². The third-order valence-electron chi connectivity index (χ3n) is 4.20. The van der Waals surface area contributed by atoms with Gasteiger partial charge in [-0.25, -0.2) is 0 Å². The maximum Gasteiger partial charge on any atom is 0.228 e. The second-order valence-corrected chi connectivity index (χ2v) is 6.45. The molecule has 0 radical (unpaired) electrons. The van der Waals surface area contributed by atoms with Crippen molar-refractivity contribution in [3.63, 3.8) is 0 Å². The second kappa shape index (κ2) is 8.86. The molecule has 0 aliphatic heterocycles. The normalized spacial score (nSPS) is 10.3. The first-order chi connectivity index (χ1) is 12.7. The first kappa shape index (κ1) is 17.7. The van der Waals surface area contributed by atoms with E-state index in [1.807, 2.05) is 61.5 Å². The third-order valence-corrected chi connectivity index (χ3v) is 4.20. The molecular formula is C23H24N2O. The molecule has 132 valence electrons. The zero-order valence-electron chi connectivity index (χ0n) is 15.0. The molecule has 0 fully saturated rings. The Morgan fingerprint density at radius 2 is 1.50 bits per heavy atom. The van der Waals surface area contributed by atoms with Crippen LogP contribution in [0.1, 0.15) is 16.7 Å². The van der Waals surface area contributed by atoms with Gasteiger partial charge in [0, 0.05) is 17.9 Å². The van der Waals surface area contributed by atoms with Crippen LogP contribution in [0.4, 0.5) is 11.4 Å². The van der Waals surface area contributed by atoms with E-state index in [-0.39, 0.29) is 5.91 Å². The van der Waals surface area contributed by atoms with Crippen molar-refractivity contribution in [1.82, 2.24) is 0 Å². The van der Waals surface area contributed by atoms with Crippen LogP contribution in [0.3, 0.4) is 0 Å². The zero-order chi connectivity index (χ0) is 18.2. The number of carbonyl (C=O) groups is 1. The minimum atomic E-state index is 0.000358. The standard InChI is InChI=1S/C23H24N2O/c1-18-6-5-9-20(16-18)17-23(26)25-22-12-10-21(11-13-22)24-15-14-19-7-3-2-4-8-19/h2-13,16,24H,14-15,17H2,1H3,(H,25,26). The summed E-state index contributed by atoms with van der Waals surface area (Å²) in [4.78, 5) is 12.2. The predicted octanol–water partition coefficient (Wildman–Crippen LogP) is 4.83. The molecule has 0 aliphatic rings. The first-order valence-corrected chi connectivity index (χ1v) is 8.92. The summed E-state index contributed by atoms with van der Waals surface area (Å²) >= 11 is 0. The van der Waals surface area contributed by atoms with Gasteiger partial charge < -0.3 is 10.6 Å². The van der Waals surface area contributed by atoms with Crippen molar-refractivity contribution >= 4 is 17.3 Å². The Morgan fingerprint density at radius 3 is 2.23 bits per heavy atom. The molecule has 1 amide bonds. The molecule has 3 heteroatoms. The van der Waals surface area contributed by atoms with Crippen LogP contribution in [-0.4, -0.2) is 12.5 Å². The van der Waals surface area contributed by atoms with E-state index in [0.717, 1.165) is 29.9 Å². The molecule has 0 bridgehead atoms. The largest absolute Gasteiger partial charge is 0.385 e. The molecule has 26 heavy (non-hydrogen) atoms. The van der Waals surface area contributed by atoms with Gasteiger partial charge in [-0.1, -0.05) is 60.2 Å². The van der Waals surface area contributed by atoms with Gasteiger partial charge in [0.1, 0.15) is 0 Å². The van der Waals surface area contributed by atoms with Crippen LogP contribution in [0, 0.1) is 6.92 Å². The monoisotopic (exact) mass is 344 g/mol. The van der Waals surface area contributed by atoms with Gasteiger partial charge in [0.25, 0.3) is 0 Å². The van der Waals surface area contributed by atoms with E-state index < -0.39 is 0 Å². The van der Waals surface area contributed by atoms with Gasteiger partial charge in [0.15, 0.2) is 0 Å². The molecule has 0 unspecified atom stereocenters. The van der Waals surface area contributed by atoms with Gasteiger partial charge in [-0.15, -0.1) is 0 Å². The van der Waals surface area contributed by atoms with Gasteiger partial charge >= 0.3 is 0 Å². The number of hydrogen-bond acceptors (Lipinski definition) is 2. The Morgan fingerprint density at radius 1 is 0.808 bits per heavy atom. The summed E-state index contributed by atoms with van der Waals surface area (Å²) in [6.45, 7) is 2.91. The Bertz CT molecular complexity index is 842. The lowest BCUT2D eigenvalue weighted by atomic mass is 10.1. The van der Waals surface area contributed by atoms with Crippen LogP contribution in [-0.2, 0) is 17.6 Å². The highest BCUT2D eigenvalue weighted by atomic mass is 16.1. The Kier molecular flexibility index (Phi) is 6.05. The number of hydrogen-bond donors (Lipinski definition) is 2. The molecule has 0 saturated carbocycles. The van der Waals surface area contributed by atoms with E-state index in [4.69, 9.17) is 0 Å². The van der Waals surface area contributed by atoms with Gasteiger partial charge in [0.2, 0.25) is 5.91 Å². The van der Waals surface area contributed by atoms with E-state index in [1.165, 1.54) is 11.1 Å². The highest BCUT2D eigenvalue weighted by Crippen LogP contribution is 2.14. The average molecular weight is 344 g/mol. The van der Waals surface area contributed by atoms with Crippen molar-refractivity contribution < 1.29 is 4.79 Å². The lowest BCUT2D eigenvalue weighted by molar-refractivity contribution is -0.115. The first-order valence-electron chi connectivity index (χ1n) is 8.92. The molecule has 3 aromatic rings. The quantitative estimate of drug-likeness (QED) is 0.644. The Balaban J connectivity index is 1.47. The summed E-state index contributed by atoms with van der Waals surface area (Å²) in [6.07, 6.45) is 1.37. The third kappa shape index (κ3) is 5.49. The number of aryl methyl sites for hydroxylation is 1. The second-order valence-electron chi connectivity index (χ2n) is 6.45. The van der Waals surface area contributed by atoms with E-state index in [9.17, 15) is 4.79 Å². The van der Waals surface area contributed by atoms with Gasteiger partial charge in [-0.05, 0) is 48.7 Å². The molecular weight excluding hydrogens is 320 g/mol. The minimum absolute atomic E-state index is 0.000358. The number of benzene rings is 3. The zero-order valence-corrected chi connectivity index (χ0v) is 15.0. The summed E-state index contributed by atoms with van der Waals surface area (Å²) in [5.74, 6) is 0.000358. The molecule has 3 nitrogen and oxygen atoms in total. The molecule has 0 aliphatic carbocycles. The number of rotatable bonds is 7. The maximum atomic E-state index is 12.2. The number of nitrogens with one attached hydrogen (secondary N) is 2. The van der Waals surface area contributed by atoms with E-state index in [0.29, 0.717) is 6.42 Å². The summed E-state index contributed by atoms with van der Waals surface area (Å²) in [7, 11) is 0. The highest BCUT2D eigenvalue weighted by Gasteiger charge is 2.04. The fourth-order valence-corrected chi connectivity index (χ4v) is 2.88. The van der Waals surface area contributed by atoms with Gasteiger partial charge in [-0.3, -0.25) is 4.79 Å². The maximum absolute atomic E-state index is 12.2. The van der Waals surface area contributed by atoms with Crippen molar-refractivity contribution in [2.45, 2.75) is 19.8 Å². The molecule has 2 N–H and O–H groups in total. The van der Waals surface area contributed by atoms with E-state index >= 15 is 0 Å². The average Bonchev–Trinajstić information content (AvgIpc) is 2.64. The summed E-state index contributed by atoms with van der Waals surface area (Å²) in [5, 5.41) is 6.36. The Hall–Kier alpha value is -3.07. The predicted molar refractivity (Wildman–Crippen MR) is 109 cm³/mol. The van der Waals surface area contributed by atoms with Crippen molar-refractivity contribution in [2.24, 2.45) is 0 Å². The number of amides is 1. The molecule has 3 aromatic carbocycles. The van der Waals surface area contributed by atoms with Crippen LogP contribution in [0.2, 0.25) is 0 Å². The smallest absolute Gasteiger partial charge is 0.228 e. The Labute approximate surface area is 155 Å². The van der Waals surface area contributed by atoms with Crippen molar-refractivity contribution in [1.29, 1.82) is 0 Å². The van der Waals surface area contributed by atoms with Gasteiger partial charge in [-0.2, -0.15) is 0 Å². The minimum Gasteiger partial charge on any atom is -0.385 e. The van der Waals surface area contributed by atoms with Crippen LogP contribution >= 0.6 is 0 Å². The summed E-state index contributed by atoms with van der Waals surface area (Å²) in [5.41, 5.74) is 5.39. The lowest BCUT2D eigenvalue weighted by Gasteiger charge is -2.09. The molecule has 0 saturated heterocycles. The molecule has 0 spiro atoms. The molecule has 0 atom stereocenters. The van der Waals surface area contributed by atoms with E-state index in [2.05, 4.69) is 34.9 Å².